The van der Waals surface area contributed by atoms with Crippen molar-refractivity contribution < 1.29 is 14.7 Å². The molecule has 1 saturated carbocycles. The van der Waals surface area contributed by atoms with Crippen LogP contribution < -0.4 is 0 Å². The van der Waals surface area contributed by atoms with Gasteiger partial charge in [0.15, 0.2) is 0 Å². The molecule has 2 atom stereocenters. The molecule has 120 valence electrons. The maximum atomic E-state index is 12.7. The Hall–Kier alpha value is -1.91. The third kappa shape index (κ3) is 3.29. The second-order valence-electron chi connectivity index (χ2n) is 6.51. The summed E-state index contributed by atoms with van der Waals surface area (Å²) in [5.74, 6) is -1.87. The maximum Gasteiger partial charge on any atom is 0.307 e. The van der Waals surface area contributed by atoms with E-state index in [2.05, 4.69) is 4.98 Å². The van der Waals surface area contributed by atoms with Crippen LogP contribution in [0.5, 0.6) is 0 Å². The minimum absolute atomic E-state index is 0.0322. The summed E-state index contributed by atoms with van der Waals surface area (Å²) < 4.78 is 0. The van der Waals surface area contributed by atoms with Crippen molar-refractivity contribution in [2.75, 3.05) is 13.1 Å². The summed E-state index contributed by atoms with van der Waals surface area (Å²) in [6.07, 6.45) is 3.29. The van der Waals surface area contributed by atoms with E-state index in [1.165, 1.54) is 0 Å². The highest BCUT2D eigenvalue weighted by atomic mass is 16.4. The quantitative estimate of drug-likeness (QED) is 0.838. The molecule has 5 heteroatoms. The lowest BCUT2D eigenvalue weighted by atomic mass is 10.1. The lowest BCUT2D eigenvalue weighted by Crippen LogP contribution is -2.36. The van der Waals surface area contributed by atoms with Gasteiger partial charge in [-0.3, -0.25) is 14.6 Å². The van der Waals surface area contributed by atoms with Gasteiger partial charge >= 0.3 is 5.97 Å². The normalized spacial score (nSPS) is 22.1. The molecule has 0 spiro atoms. The van der Waals surface area contributed by atoms with E-state index in [1.807, 2.05) is 39.0 Å². The van der Waals surface area contributed by atoms with Gasteiger partial charge in [-0.05, 0) is 24.0 Å². The molecule has 1 heterocycles. The molecule has 1 amide bonds. The largest absolute Gasteiger partial charge is 0.481 e. The van der Waals surface area contributed by atoms with Gasteiger partial charge in [0, 0.05) is 31.4 Å². The van der Waals surface area contributed by atoms with Gasteiger partial charge in [0.25, 0.3) is 0 Å². The molecule has 1 aromatic heterocycles. The minimum atomic E-state index is -0.871. The molecule has 0 aromatic carbocycles. The van der Waals surface area contributed by atoms with Crippen molar-refractivity contribution in [3.63, 3.8) is 0 Å². The first-order chi connectivity index (χ1) is 10.4. The second-order valence-corrected chi connectivity index (χ2v) is 6.51. The van der Waals surface area contributed by atoms with Gasteiger partial charge in [0.05, 0.1) is 11.8 Å². The number of hydrogen-bond donors (Lipinski definition) is 1. The molecule has 0 bridgehead atoms. The molecule has 1 aliphatic rings. The van der Waals surface area contributed by atoms with E-state index < -0.39 is 23.2 Å². The summed E-state index contributed by atoms with van der Waals surface area (Å²) in [7, 11) is 0. The molecule has 22 heavy (non-hydrogen) atoms. The van der Waals surface area contributed by atoms with Crippen molar-refractivity contribution in [3.8, 4) is 0 Å². The number of aromatic nitrogens is 1. The molecule has 1 N–H and O–H groups in total. The van der Waals surface area contributed by atoms with Gasteiger partial charge in [-0.2, -0.15) is 0 Å². The lowest BCUT2D eigenvalue weighted by molar-refractivity contribution is -0.142. The van der Waals surface area contributed by atoms with Crippen LogP contribution in [-0.2, 0) is 16.0 Å². The predicted molar refractivity (Wildman–Crippen MR) is 83.2 cm³/mol. The van der Waals surface area contributed by atoms with Crippen molar-refractivity contribution in [3.05, 3.63) is 30.1 Å². The second kappa shape index (κ2) is 6.46. The molecule has 0 unspecified atom stereocenters. The van der Waals surface area contributed by atoms with Crippen LogP contribution in [0.1, 0.15) is 32.9 Å². The Morgan fingerprint density at radius 1 is 1.27 bits per heavy atom. The fourth-order valence-corrected chi connectivity index (χ4v) is 3.15. The van der Waals surface area contributed by atoms with Crippen LogP contribution in [0, 0.1) is 17.3 Å². The molecule has 1 aliphatic carbocycles. The predicted octanol–water partition coefficient (Wildman–Crippen LogP) is 2.22. The van der Waals surface area contributed by atoms with Crippen molar-refractivity contribution in [2.45, 2.75) is 33.6 Å². The Morgan fingerprint density at radius 2 is 2.00 bits per heavy atom. The Labute approximate surface area is 131 Å². The van der Waals surface area contributed by atoms with Crippen molar-refractivity contribution in [1.29, 1.82) is 0 Å². The van der Waals surface area contributed by atoms with Crippen LogP contribution >= 0.6 is 0 Å². The smallest absolute Gasteiger partial charge is 0.307 e. The van der Waals surface area contributed by atoms with E-state index in [0.717, 1.165) is 12.1 Å². The number of aliphatic carboxylic acids is 1. The highest BCUT2D eigenvalue weighted by Gasteiger charge is 2.66. The average molecular weight is 304 g/mol. The Bertz CT molecular complexity index is 542. The summed E-state index contributed by atoms with van der Waals surface area (Å²) in [4.78, 5) is 30.0. The zero-order valence-corrected chi connectivity index (χ0v) is 13.5. The first-order valence-corrected chi connectivity index (χ1v) is 7.81. The number of hydrogen-bond acceptors (Lipinski definition) is 3. The average Bonchev–Trinajstić information content (AvgIpc) is 3.07. The Morgan fingerprint density at radius 3 is 2.50 bits per heavy atom. The molecule has 0 aliphatic heterocycles. The number of amides is 1. The van der Waals surface area contributed by atoms with E-state index in [4.69, 9.17) is 0 Å². The molecule has 5 nitrogen and oxygen atoms in total. The van der Waals surface area contributed by atoms with E-state index in [1.54, 1.807) is 11.1 Å². The molecule has 2 rings (SSSR count). The van der Waals surface area contributed by atoms with Crippen LogP contribution in [0.3, 0.4) is 0 Å². The number of carboxylic acids is 1. The molecular weight excluding hydrogens is 280 g/mol. The molecule has 0 radical (unpaired) electrons. The summed E-state index contributed by atoms with van der Waals surface area (Å²) in [5.41, 5.74) is 0.501. The summed E-state index contributed by atoms with van der Waals surface area (Å²) in [6.45, 7) is 6.98. The summed E-state index contributed by atoms with van der Waals surface area (Å²) in [5, 5.41) is 9.25. The number of nitrogens with zero attached hydrogens (tertiary/aromatic N) is 2. The molecule has 1 fully saturated rings. The van der Waals surface area contributed by atoms with Crippen molar-refractivity contribution in [2.24, 2.45) is 17.3 Å². The monoisotopic (exact) mass is 304 g/mol. The number of carboxylic acid groups (broad SMARTS) is 1. The van der Waals surface area contributed by atoms with Crippen molar-refractivity contribution in [1.82, 2.24) is 9.88 Å². The molecule has 0 saturated heterocycles. The van der Waals surface area contributed by atoms with Crippen LogP contribution in [0.15, 0.2) is 24.4 Å². The van der Waals surface area contributed by atoms with Gasteiger partial charge in [-0.1, -0.05) is 26.8 Å². The van der Waals surface area contributed by atoms with Crippen LogP contribution in [0.4, 0.5) is 0 Å². The van der Waals surface area contributed by atoms with Gasteiger partial charge in [-0.25, -0.2) is 0 Å². The van der Waals surface area contributed by atoms with Crippen LogP contribution in [0.25, 0.3) is 0 Å². The number of rotatable bonds is 7. The van der Waals surface area contributed by atoms with E-state index >= 15 is 0 Å². The van der Waals surface area contributed by atoms with Gasteiger partial charge in [-0.15, -0.1) is 0 Å². The zero-order valence-electron chi connectivity index (χ0n) is 13.5. The fraction of sp³-hybridized carbons (Fsp3) is 0.588. The first-order valence-electron chi connectivity index (χ1n) is 7.81. The number of pyridine rings is 1. The minimum Gasteiger partial charge on any atom is -0.481 e. The zero-order chi connectivity index (χ0) is 16.3. The van der Waals surface area contributed by atoms with E-state index in [9.17, 15) is 14.7 Å². The summed E-state index contributed by atoms with van der Waals surface area (Å²) in [6, 6.07) is 5.73. The van der Waals surface area contributed by atoms with E-state index in [0.29, 0.717) is 19.5 Å². The SMILES string of the molecule is CCCN(CCc1ccccn1)C(=O)[C@@H]1[C@H](C(=O)O)C1(C)C. The Balaban J connectivity index is 2.02. The van der Waals surface area contributed by atoms with Crippen LogP contribution in [0.2, 0.25) is 0 Å². The number of carbonyl (C=O) groups excluding carboxylic acids is 1. The highest BCUT2D eigenvalue weighted by Crippen LogP contribution is 2.59. The molecular formula is C17H24N2O3. The van der Waals surface area contributed by atoms with Gasteiger partial charge < -0.3 is 10.0 Å². The maximum absolute atomic E-state index is 12.7. The van der Waals surface area contributed by atoms with Gasteiger partial charge in [0.1, 0.15) is 0 Å². The van der Waals surface area contributed by atoms with Crippen molar-refractivity contribution >= 4 is 11.9 Å². The standard InChI is InChI=1S/C17H24N2O3/c1-4-10-19(11-8-12-7-5-6-9-18-12)15(20)13-14(16(21)22)17(13,2)3/h5-7,9,13-14H,4,8,10-11H2,1-3H3,(H,21,22)/t13-,14+/m0/s1. The lowest BCUT2D eigenvalue weighted by Gasteiger charge is -2.23. The molecule has 1 aromatic rings. The fourth-order valence-electron chi connectivity index (χ4n) is 3.15. The third-order valence-electron chi connectivity index (χ3n) is 4.53. The highest BCUT2D eigenvalue weighted by molar-refractivity contribution is 5.91. The topological polar surface area (TPSA) is 70.5 Å². The van der Waals surface area contributed by atoms with Crippen LogP contribution in [-0.4, -0.2) is 40.0 Å². The van der Waals surface area contributed by atoms with E-state index in [-0.39, 0.29) is 5.91 Å². The first kappa shape index (κ1) is 16.5. The number of carbonyl (C=O) groups is 2. The summed E-state index contributed by atoms with van der Waals surface area (Å²) >= 11 is 0. The van der Waals surface area contributed by atoms with Gasteiger partial charge in [0.2, 0.25) is 5.91 Å². The Kier molecular flexibility index (Phi) is 4.84. The third-order valence-corrected chi connectivity index (χ3v) is 4.53.